The molecular weight excluding hydrogens is 408 g/mol. The van der Waals surface area contributed by atoms with E-state index in [2.05, 4.69) is 67.7 Å². The van der Waals surface area contributed by atoms with Crippen molar-refractivity contribution in [1.29, 1.82) is 0 Å². The van der Waals surface area contributed by atoms with Crippen LogP contribution in [0, 0.1) is 0 Å². The number of hydrogen-bond donors (Lipinski definition) is 0. The zero-order valence-electron chi connectivity index (χ0n) is 17.5. The zero-order valence-corrected chi connectivity index (χ0v) is 18.3. The zero-order chi connectivity index (χ0) is 21.2. The molecule has 0 amide bonds. The van der Waals surface area contributed by atoms with Gasteiger partial charge >= 0.3 is 0 Å². The van der Waals surface area contributed by atoms with Crippen molar-refractivity contribution in [2.45, 2.75) is 19.5 Å². The molecule has 0 aliphatic carbocycles. The Bertz CT molecular complexity index is 1150. The standard InChI is InChI=1S/C24H25ClN6/c1-18(29-12-14-30(15-13-29)24-26-10-5-11-27-24)23-28-21-16-20(25)8-9-22(21)31(23)17-19-6-3-2-4-7-19/h2-11,16,18H,12-15,17H2,1H3. The van der Waals surface area contributed by atoms with E-state index in [1.54, 1.807) is 12.4 Å². The van der Waals surface area contributed by atoms with E-state index in [1.165, 1.54) is 5.56 Å². The Morgan fingerprint density at radius 3 is 2.42 bits per heavy atom. The van der Waals surface area contributed by atoms with Gasteiger partial charge in [0.1, 0.15) is 5.82 Å². The van der Waals surface area contributed by atoms with Gasteiger partial charge in [0.05, 0.1) is 17.1 Å². The molecule has 3 heterocycles. The maximum absolute atomic E-state index is 6.27. The predicted molar refractivity (Wildman–Crippen MR) is 125 cm³/mol. The lowest BCUT2D eigenvalue weighted by atomic mass is 10.2. The molecule has 0 spiro atoms. The van der Waals surface area contributed by atoms with Gasteiger partial charge in [-0.1, -0.05) is 41.9 Å². The van der Waals surface area contributed by atoms with Crippen LogP contribution in [-0.4, -0.2) is 50.6 Å². The quantitative estimate of drug-likeness (QED) is 0.467. The first-order chi connectivity index (χ1) is 15.2. The van der Waals surface area contributed by atoms with E-state index in [4.69, 9.17) is 16.6 Å². The number of imidazole rings is 1. The highest BCUT2D eigenvalue weighted by Crippen LogP contribution is 2.28. The molecule has 5 rings (SSSR count). The van der Waals surface area contributed by atoms with Crippen LogP contribution in [0.5, 0.6) is 0 Å². The Balaban J connectivity index is 1.42. The summed E-state index contributed by atoms with van der Waals surface area (Å²) in [7, 11) is 0. The van der Waals surface area contributed by atoms with Crippen LogP contribution in [0.1, 0.15) is 24.4 Å². The van der Waals surface area contributed by atoms with Gasteiger partial charge in [-0.3, -0.25) is 4.90 Å². The number of fused-ring (bicyclic) bond motifs is 1. The predicted octanol–water partition coefficient (Wildman–Crippen LogP) is 4.41. The van der Waals surface area contributed by atoms with Crippen LogP contribution in [0.15, 0.2) is 67.0 Å². The Morgan fingerprint density at radius 2 is 1.68 bits per heavy atom. The molecule has 1 unspecified atom stereocenters. The monoisotopic (exact) mass is 432 g/mol. The van der Waals surface area contributed by atoms with E-state index in [1.807, 2.05) is 18.2 Å². The molecule has 31 heavy (non-hydrogen) atoms. The van der Waals surface area contributed by atoms with Crippen LogP contribution in [-0.2, 0) is 6.54 Å². The second-order valence-electron chi connectivity index (χ2n) is 7.92. The number of benzene rings is 2. The summed E-state index contributed by atoms with van der Waals surface area (Å²) in [5, 5.41) is 0.715. The van der Waals surface area contributed by atoms with Gasteiger partial charge in [-0.15, -0.1) is 0 Å². The highest BCUT2D eigenvalue weighted by atomic mass is 35.5. The molecule has 2 aromatic carbocycles. The van der Waals surface area contributed by atoms with Gasteiger partial charge < -0.3 is 9.47 Å². The maximum Gasteiger partial charge on any atom is 0.225 e. The van der Waals surface area contributed by atoms with Crippen LogP contribution in [0.25, 0.3) is 11.0 Å². The molecule has 0 bridgehead atoms. The van der Waals surface area contributed by atoms with Crippen LogP contribution in [0.4, 0.5) is 5.95 Å². The summed E-state index contributed by atoms with van der Waals surface area (Å²) >= 11 is 6.27. The molecule has 7 heteroatoms. The third-order valence-corrected chi connectivity index (χ3v) is 6.23. The van der Waals surface area contributed by atoms with Crippen molar-refractivity contribution < 1.29 is 0 Å². The Morgan fingerprint density at radius 1 is 0.935 bits per heavy atom. The van der Waals surface area contributed by atoms with Crippen molar-refractivity contribution in [3.05, 3.63) is 83.4 Å². The van der Waals surface area contributed by atoms with E-state index in [0.717, 1.165) is 55.5 Å². The number of anilines is 1. The molecule has 1 aliphatic heterocycles. The van der Waals surface area contributed by atoms with E-state index < -0.39 is 0 Å². The lowest BCUT2D eigenvalue weighted by molar-refractivity contribution is 0.188. The Hall–Kier alpha value is -2.96. The minimum atomic E-state index is 0.189. The third-order valence-electron chi connectivity index (χ3n) is 5.99. The average molecular weight is 433 g/mol. The van der Waals surface area contributed by atoms with Crippen molar-refractivity contribution >= 4 is 28.6 Å². The molecule has 1 aliphatic rings. The molecule has 1 fully saturated rings. The fourth-order valence-corrected chi connectivity index (χ4v) is 4.47. The average Bonchev–Trinajstić information content (AvgIpc) is 3.17. The van der Waals surface area contributed by atoms with Gasteiger partial charge in [-0.05, 0) is 36.8 Å². The largest absolute Gasteiger partial charge is 0.338 e. The molecule has 6 nitrogen and oxygen atoms in total. The first-order valence-corrected chi connectivity index (χ1v) is 11.0. The SMILES string of the molecule is CC(c1nc2cc(Cl)ccc2n1Cc1ccccc1)N1CCN(c2ncccn2)CC1. The van der Waals surface area contributed by atoms with Crippen LogP contribution < -0.4 is 4.90 Å². The number of halogens is 1. The summed E-state index contributed by atoms with van der Waals surface area (Å²) in [5.74, 6) is 1.88. The van der Waals surface area contributed by atoms with E-state index >= 15 is 0 Å². The minimum Gasteiger partial charge on any atom is -0.338 e. The highest BCUT2D eigenvalue weighted by molar-refractivity contribution is 6.31. The van der Waals surface area contributed by atoms with Crippen molar-refractivity contribution in [2.24, 2.45) is 0 Å². The normalized spacial score (nSPS) is 16.0. The lowest BCUT2D eigenvalue weighted by Crippen LogP contribution is -2.48. The molecule has 1 atom stereocenters. The highest BCUT2D eigenvalue weighted by Gasteiger charge is 2.27. The van der Waals surface area contributed by atoms with Crippen molar-refractivity contribution in [3.8, 4) is 0 Å². The number of hydrogen-bond acceptors (Lipinski definition) is 5. The van der Waals surface area contributed by atoms with Gasteiger partial charge in [0.25, 0.3) is 0 Å². The maximum atomic E-state index is 6.27. The second-order valence-corrected chi connectivity index (χ2v) is 8.36. The Labute approximate surface area is 187 Å². The molecule has 2 aromatic heterocycles. The number of rotatable bonds is 5. The van der Waals surface area contributed by atoms with E-state index in [0.29, 0.717) is 5.02 Å². The van der Waals surface area contributed by atoms with Gasteiger partial charge in [0, 0.05) is 50.1 Å². The van der Waals surface area contributed by atoms with Crippen LogP contribution in [0.3, 0.4) is 0 Å². The number of aromatic nitrogens is 4. The molecule has 0 radical (unpaired) electrons. The molecule has 158 valence electrons. The summed E-state index contributed by atoms with van der Waals surface area (Å²) in [6.45, 7) is 6.72. The Kier molecular flexibility index (Phi) is 5.57. The summed E-state index contributed by atoms with van der Waals surface area (Å²) in [6.07, 6.45) is 3.60. The summed E-state index contributed by atoms with van der Waals surface area (Å²) in [5.41, 5.74) is 3.32. The topological polar surface area (TPSA) is 50.1 Å². The smallest absolute Gasteiger partial charge is 0.225 e. The molecule has 0 saturated carbocycles. The van der Waals surface area contributed by atoms with Gasteiger partial charge in [0.2, 0.25) is 5.95 Å². The number of nitrogens with zero attached hydrogens (tertiary/aromatic N) is 6. The first-order valence-electron chi connectivity index (χ1n) is 10.6. The van der Waals surface area contributed by atoms with Crippen molar-refractivity contribution in [1.82, 2.24) is 24.4 Å². The third kappa shape index (κ3) is 4.13. The molecular formula is C24H25ClN6. The van der Waals surface area contributed by atoms with Crippen LogP contribution in [0.2, 0.25) is 5.02 Å². The van der Waals surface area contributed by atoms with E-state index in [9.17, 15) is 0 Å². The van der Waals surface area contributed by atoms with E-state index in [-0.39, 0.29) is 6.04 Å². The minimum absolute atomic E-state index is 0.189. The van der Waals surface area contributed by atoms with Crippen molar-refractivity contribution in [2.75, 3.05) is 31.1 Å². The van der Waals surface area contributed by atoms with Crippen LogP contribution >= 0.6 is 11.6 Å². The first kappa shape index (κ1) is 20.0. The van der Waals surface area contributed by atoms with Gasteiger partial charge in [0.15, 0.2) is 0 Å². The summed E-state index contributed by atoms with van der Waals surface area (Å²) < 4.78 is 2.33. The fraction of sp³-hybridized carbons (Fsp3) is 0.292. The molecule has 0 N–H and O–H groups in total. The fourth-order valence-electron chi connectivity index (χ4n) is 4.30. The van der Waals surface area contributed by atoms with Gasteiger partial charge in [-0.25, -0.2) is 15.0 Å². The lowest BCUT2D eigenvalue weighted by Gasteiger charge is -2.37. The second kappa shape index (κ2) is 8.65. The van der Waals surface area contributed by atoms with Gasteiger partial charge in [-0.2, -0.15) is 0 Å². The molecule has 4 aromatic rings. The summed E-state index contributed by atoms with van der Waals surface area (Å²) in [6, 6.07) is 18.6. The van der Waals surface area contributed by atoms with Crippen molar-refractivity contribution in [3.63, 3.8) is 0 Å². The molecule has 1 saturated heterocycles. The number of piperazine rings is 1. The summed E-state index contributed by atoms with van der Waals surface area (Å²) in [4.78, 5) is 18.5.